The molecule has 2 aromatic rings. The molecule has 1 saturated carbocycles. The number of nitrogens with two attached hydrogens (primary N) is 1. The molecule has 34 heavy (non-hydrogen) atoms. The zero-order chi connectivity index (χ0) is 24.6. The highest BCUT2D eigenvalue weighted by Gasteiger charge is 2.46. The van der Waals surface area contributed by atoms with E-state index in [1.54, 1.807) is 6.07 Å². The summed E-state index contributed by atoms with van der Waals surface area (Å²) in [5.74, 6) is 0.948. The first kappa shape index (κ1) is 25.0. The Hall–Kier alpha value is -2.10. The van der Waals surface area contributed by atoms with Crippen LogP contribution in [-0.2, 0) is 29.0 Å². The quantitative estimate of drug-likeness (QED) is 0.539. The van der Waals surface area contributed by atoms with Crippen molar-refractivity contribution >= 4 is 10.0 Å². The van der Waals surface area contributed by atoms with Gasteiger partial charge >= 0.3 is 6.18 Å². The smallest absolute Gasteiger partial charge is 0.416 e. The van der Waals surface area contributed by atoms with Gasteiger partial charge in [-0.25, -0.2) is 13.6 Å². The minimum Gasteiger partial charge on any atom is -0.494 e. The fourth-order valence-corrected chi connectivity index (χ4v) is 6.58. The van der Waals surface area contributed by atoms with Gasteiger partial charge in [-0.05, 0) is 86.0 Å². The van der Waals surface area contributed by atoms with E-state index in [-0.39, 0.29) is 18.4 Å². The molecular weight excluding hydrogens is 465 g/mol. The molecule has 0 bridgehead atoms. The first-order chi connectivity index (χ1) is 16.0. The molecule has 9 heteroatoms. The van der Waals surface area contributed by atoms with Crippen LogP contribution in [0, 0.1) is 5.92 Å². The molecule has 0 spiro atoms. The van der Waals surface area contributed by atoms with Crippen molar-refractivity contribution in [1.82, 2.24) is 5.32 Å². The van der Waals surface area contributed by atoms with E-state index < -0.39 is 26.5 Å². The summed E-state index contributed by atoms with van der Waals surface area (Å²) in [5, 5.41) is 8.65. The largest absolute Gasteiger partial charge is 0.494 e. The van der Waals surface area contributed by atoms with Crippen molar-refractivity contribution in [3.05, 3.63) is 64.7 Å². The van der Waals surface area contributed by atoms with Gasteiger partial charge in [0.2, 0.25) is 10.0 Å². The zero-order valence-corrected chi connectivity index (χ0v) is 20.0. The molecule has 2 aliphatic carbocycles. The average molecular weight is 497 g/mol. The average Bonchev–Trinajstić information content (AvgIpc) is 3.05. The molecule has 2 unspecified atom stereocenters. The Morgan fingerprint density at radius 3 is 2.56 bits per heavy atom. The number of ether oxygens (including phenoxy) is 1. The van der Waals surface area contributed by atoms with Gasteiger partial charge in [-0.1, -0.05) is 30.7 Å². The number of benzene rings is 2. The van der Waals surface area contributed by atoms with Gasteiger partial charge < -0.3 is 10.1 Å². The molecule has 3 N–H and O–H groups in total. The van der Waals surface area contributed by atoms with Gasteiger partial charge in [0.1, 0.15) is 5.75 Å². The molecule has 4 rings (SSSR count). The van der Waals surface area contributed by atoms with Crippen molar-refractivity contribution in [2.24, 2.45) is 11.1 Å². The third-order valence-corrected chi connectivity index (χ3v) is 9.26. The van der Waals surface area contributed by atoms with E-state index >= 15 is 0 Å². The van der Waals surface area contributed by atoms with Crippen LogP contribution >= 0.6 is 0 Å². The van der Waals surface area contributed by atoms with E-state index in [0.717, 1.165) is 31.0 Å². The predicted octanol–water partition coefficient (Wildman–Crippen LogP) is 4.40. The molecule has 0 saturated heterocycles. The lowest BCUT2D eigenvalue weighted by molar-refractivity contribution is -0.137. The summed E-state index contributed by atoms with van der Waals surface area (Å²) in [7, 11) is -1.75. The summed E-state index contributed by atoms with van der Waals surface area (Å²) >= 11 is 0. The SMILES string of the molecule is CNCC1Cc2ccc(OCCC3(S(N)(=O)=O)CCC3)cc2C1Cc1cccc(C(F)(F)F)c1. The standard InChI is InChI=1S/C25H31F3N2O3S/c1-30-16-19-14-18-6-7-21(33-11-10-24(8-3-9-24)34(29,31)32)15-23(18)22(19)13-17-4-2-5-20(12-17)25(26,27)28/h2,4-7,12,15,19,22,30H,3,8-11,13-14,16H2,1H3,(H2,29,31,32). The summed E-state index contributed by atoms with van der Waals surface area (Å²) in [5.41, 5.74) is 2.27. The molecule has 5 nitrogen and oxygen atoms in total. The van der Waals surface area contributed by atoms with Crippen molar-refractivity contribution in [3.8, 4) is 5.75 Å². The number of hydrogen-bond donors (Lipinski definition) is 2. The van der Waals surface area contributed by atoms with Gasteiger partial charge in [0.25, 0.3) is 0 Å². The van der Waals surface area contributed by atoms with E-state index in [1.165, 1.54) is 17.7 Å². The van der Waals surface area contributed by atoms with Crippen molar-refractivity contribution in [2.45, 2.75) is 55.4 Å². The van der Waals surface area contributed by atoms with Crippen LogP contribution in [0.5, 0.6) is 5.75 Å². The Morgan fingerprint density at radius 1 is 1.18 bits per heavy atom. The van der Waals surface area contributed by atoms with Crippen molar-refractivity contribution in [2.75, 3.05) is 20.2 Å². The van der Waals surface area contributed by atoms with Crippen LogP contribution in [0.3, 0.4) is 0 Å². The van der Waals surface area contributed by atoms with E-state index in [4.69, 9.17) is 9.88 Å². The maximum absolute atomic E-state index is 13.2. The maximum Gasteiger partial charge on any atom is 0.416 e. The number of rotatable bonds is 9. The van der Waals surface area contributed by atoms with Gasteiger partial charge in [0, 0.05) is 6.42 Å². The molecule has 0 aliphatic heterocycles. The topological polar surface area (TPSA) is 81.4 Å². The summed E-state index contributed by atoms with van der Waals surface area (Å²) in [6.45, 7) is 0.999. The molecule has 2 atom stereocenters. The molecule has 1 fully saturated rings. The Labute approximate surface area is 198 Å². The number of hydrogen-bond acceptors (Lipinski definition) is 4. The molecule has 2 aliphatic rings. The van der Waals surface area contributed by atoms with Crippen LogP contribution in [0.2, 0.25) is 0 Å². The van der Waals surface area contributed by atoms with Crippen molar-refractivity contribution < 1.29 is 26.3 Å². The Morgan fingerprint density at radius 2 is 1.94 bits per heavy atom. The van der Waals surface area contributed by atoms with Gasteiger partial charge in [-0.15, -0.1) is 0 Å². The summed E-state index contributed by atoms with van der Waals surface area (Å²) in [6, 6.07) is 11.4. The molecular formula is C25H31F3N2O3S. The second-order valence-electron chi connectivity index (χ2n) is 9.57. The number of alkyl halides is 3. The number of sulfonamides is 1. The zero-order valence-electron chi connectivity index (χ0n) is 19.2. The van der Waals surface area contributed by atoms with Gasteiger partial charge in [0.15, 0.2) is 0 Å². The Kier molecular flexibility index (Phi) is 6.99. The minimum atomic E-state index is -4.37. The van der Waals surface area contributed by atoms with E-state index in [0.29, 0.717) is 37.0 Å². The molecule has 0 aromatic heterocycles. The lowest BCUT2D eigenvalue weighted by atomic mass is 9.82. The normalized spacial score (nSPS) is 21.7. The predicted molar refractivity (Wildman–Crippen MR) is 125 cm³/mol. The third-order valence-electron chi connectivity index (χ3n) is 7.44. The van der Waals surface area contributed by atoms with Gasteiger partial charge in [-0.2, -0.15) is 13.2 Å². The fraction of sp³-hybridized carbons (Fsp3) is 0.520. The molecule has 0 amide bonds. The lowest BCUT2D eigenvalue weighted by Gasteiger charge is -2.39. The Balaban J connectivity index is 1.51. The van der Waals surface area contributed by atoms with Crippen LogP contribution in [0.4, 0.5) is 13.2 Å². The molecule has 186 valence electrons. The van der Waals surface area contributed by atoms with E-state index in [9.17, 15) is 21.6 Å². The molecule has 0 heterocycles. The van der Waals surface area contributed by atoms with Crippen molar-refractivity contribution in [3.63, 3.8) is 0 Å². The first-order valence-electron chi connectivity index (χ1n) is 11.6. The number of primary sulfonamides is 1. The van der Waals surface area contributed by atoms with Gasteiger partial charge in [0.05, 0.1) is 16.9 Å². The number of fused-ring (bicyclic) bond motifs is 1. The monoisotopic (exact) mass is 496 g/mol. The highest BCUT2D eigenvalue weighted by atomic mass is 32.2. The summed E-state index contributed by atoms with van der Waals surface area (Å²) in [6.07, 6.45) is -0.716. The van der Waals surface area contributed by atoms with Gasteiger partial charge in [-0.3, -0.25) is 0 Å². The first-order valence-corrected chi connectivity index (χ1v) is 13.2. The highest BCUT2D eigenvalue weighted by Crippen LogP contribution is 2.43. The molecule has 2 aromatic carbocycles. The molecule has 0 radical (unpaired) electrons. The summed E-state index contributed by atoms with van der Waals surface area (Å²) < 4.78 is 68.6. The number of nitrogens with one attached hydrogen (secondary N) is 1. The van der Waals surface area contributed by atoms with E-state index in [2.05, 4.69) is 5.32 Å². The Bertz CT molecular complexity index is 1130. The lowest BCUT2D eigenvalue weighted by Crippen LogP contribution is -2.49. The summed E-state index contributed by atoms with van der Waals surface area (Å²) in [4.78, 5) is 0. The second kappa shape index (κ2) is 9.51. The van der Waals surface area contributed by atoms with Crippen LogP contribution in [0.1, 0.15) is 53.9 Å². The fourth-order valence-electron chi connectivity index (χ4n) is 5.36. The highest BCUT2D eigenvalue weighted by molar-refractivity contribution is 7.90. The second-order valence-corrected chi connectivity index (χ2v) is 11.5. The van der Waals surface area contributed by atoms with Crippen LogP contribution < -0.4 is 15.2 Å². The van der Waals surface area contributed by atoms with Crippen LogP contribution in [0.15, 0.2) is 42.5 Å². The van der Waals surface area contributed by atoms with Crippen molar-refractivity contribution in [1.29, 1.82) is 0 Å². The van der Waals surface area contributed by atoms with Crippen LogP contribution in [-0.4, -0.2) is 33.4 Å². The van der Waals surface area contributed by atoms with E-state index in [1.807, 2.05) is 25.2 Å². The number of halogens is 3. The maximum atomic E-state index is 13.2. The minimum absolute atomic E-state index is 0.0527. The van der Waals surface area contributed by atoms with Crippen LogP contribution in [0.25, 0.3) is 0 Å². The third kappa shape index (κ3) is 5.11.